The smallest absolute Gasteiger partial charge is 0.407 e. The number of carbonyl (C=O) groups is 1. The summed E-state index contributed by atoms with van der Waals surface area (Å²) in [6.07, 6.45) is -0.787. The number of nitrogens with two attached hydrogens (primary N) is 1. The van der Waals surface area contributed by atoms with Crippen molar-refractivity contribution in [1.82, 2.24) is 0 Å². The zero-order chi connectivity index (χ0) is 6.20. The highest BCUT2D eigenvalue weighted by Gasteiger charge is 2.43. The summed E-state index contributed by atoms with van der Waals surface area (Å²) in [4.78, 5) is 9.97. The van der Waals surface area contributed by atoms with E-state index in [0.717, 1.165) is 0 Å². The number of hydrogen-bond acceptors (Lipinski definition) is 3. The van der Waals surface area contributed by atoms with Gasteiger partial charge in [0.2, 0.25) is 5.79 Å². The number of rotatable bonds is 1. The summed E-state index contributed by atoms with van der Waals surface area (Å²) in [5, 5.41) is 0. The van der Waals surface area contributed by atoms with Crippen LogP contribution in [0.25, 0.3) is 0 Å². The van der Waals surface area contributed by atoms with Crippen LogP contribution in [-0.2, 0) is 9.47 Å². The van der Waals surface area contributed by atoms with Gasteiger partial charge >= 0.3 is 6.09 Å². The van der Waals surface area contributed by atoms with E-state index in [1.807, 2.05) is 0 Å². The van der Waals surface area contributed by atoms with E-state index in [2.05, 4.69) is 15.2 Å². The van der Waals surface area contributed by atoms with Crippen LogP contribution in [-0.4, -0.2) is 18.5 Å². The fourth-order valence-electron chi connectivity index (χ4n) is 0.373. The first kappa shape index (κ1) is 5.37. The molecule has 0 aromatic rings. The molecule has 8 heavy (non-hydrogen) atoms. The molecule has 4 nitrogen and oxygen atoms in total. The molecule has 1 aliphatic heterocycles. The summed E-state index contributed by atoms with van der Waals surface area (Å²) in [6, 6.07) is 0. The van der Waals surface area contributed by atoms with E-state index in [-0.39, 0.29) is 0 Å². The first-order valence-electron chi connectivity index (χ1n) is 2.25. The third-order valence-electron chi connectivity index (χ3n) is 0.867. The normalized spacial score (nSPS) is 34.1. The summed E-state index contributed by atoms with van der Waals surface area (Å²) in [7, 11) is 0. The third kappa shape index (κ3) is 1.10. The minimum absolute atomic E-state index is 0.454. The van der Waals surface area contributed by atoms with Crippen LogP contribution in [0.15, 0.2) is 0 Å². The van der Waals surface area contributed by atoms with Gasteiger partial charge in [0.25, 0.3) is 0 Å². The second kappa shape index (κ2) is 1.35. The predicted molar refractivity (Wildman–Crippen MR) is 25.0 cm³/mol. The minimum atomic E-state index is -0.787. The fraction of sp³-hybridized carbons (Fsp3) is 0.750. The lowest BCUT2D eigenvalue weighted by Crippen LogP contribution is -2.22. The lowest BCUT2D eigenvalue weighted by molar-refractivity contribution is 0.0293. The molecule has 1 atom stereocenters. The second-order valence-electron chi connectivity index (χ2n) is 1.84. The molecule has 46 valence electrons. The molecular formula is C4H7NO3. The van der Waals surface area contributed by atoms with E-state index >= 15 is 0 Å². The topological polar surface area (TPSA) is 64.8 Å². The Hall–Kier alpha value is -0.770. The monoisotopic (exact) mass is 117 g/mol. The molecule has 1 unspecified atom stereocenters. The summed E-state index contributed by atoms with van der Waals surface area (Å²) in [5.74, 6) is -0.703. The number of epoxide rings is 1. The first-order valence-corrected chi connectivity index (χ1v) is 2.25. The molecule has 0 saturated carbocycles. The molecule has 1 rings (SSSR count). The molecule has 1 saturated heterocycles. The van der Waals surface area contributed by atoms with Crippen LogP contribution in [0.1, 0.15) is 6.92 Å². The minimum Gasteiger partial charge on any atom is -0.415 e. The first-order chi connectivity index (χ1) is 3.62. The molecular weight excluding hydrogens is 110 g/mol. The van der Waals surface area contributed by atoms with E-state index in [9.17, 15) is 4.79 Å². The molecule has 0 spiro atoms. The highest BCUT2D eigenvalue weighted by Crippen LogP contribution is 2.26. The van der Waals surface area contributed by atoms with E-state index in [0.29, 0.717) is 6.61 Å². The van der Waals surface area contributed by atoms with E-state index < -0.39 is 11.9 Å². The highest BCUT2D eigenvalue weighted by molar-refractivity contribution is 5.65. The second-order valence-corrected chi connectivity index (χ2v) is 1.84. The number of hydrogen-bond donors (Lipinski definition) is 1. The average Bonchev–Trinajstić information content (AvgIpc) is 2.17. The van der Waals surface area contributed by atoms with Crippen molar-refractivity contribution in [3.05, 3.63) is 0 Å². The Bertz CT molecular complexity index is 118. The Kier molecular flexibility index (Phi) is 0.907. The van der Waals surface area contributed by atoms with E-state index in [4.69, 9.17) is 0 Å². The Morgan fingerprint density at radius 2 is 2.50 bits per heavy atom. The molecule has 0 aromatic heterocycles. The molecule has 1 fully saturated rings. The summed E-state index contributed by atoms with van der Waals surface area (Å²) in [6.45, 7) is 2.10. The van der Waals surface area contributed by atoms with E-state index in [1.54, 1.807) is 6.92 Å². The molecule has 4 heteroatoms. The molecule has 0 bridgehead atoms. The highest BCUT2D eigenvalue weighted by atomic mass is 16.8. The van der Waals surface area contributed by atoms with Crippen LogP contribution in [0.4, 0.5) is 4.79 Å². The predicted octanol–water partition coefficient (Wildman–Crippen LogP) is -0.172. The van der Waals surface area contributed by atoms with Gasteiger partial charge in [-0.1, -0.05) is 0 Å². The van der Waals surface area contributed by atoms with Gasteiger partial charge in [-0.3, -0.25) is 0 Å². The Balaban J connectivity index is 2.29. The van der Waals surface area contributed by atoms with Crippen molar-refractivity contribution in [2.75, 3.05) is 6.61 Å². The summed E-state index contributed by atoms with van der Waals surface area (Å²) in [5.41, 5.74) is 4.68. The van der Waals surface area contributed by atoms with Gasteiger partial charge in [0.1, 0.15) is 6.61 Å². The summed E-state index contributed by atoms with van der Waals surface area (Å²) >= 11 is 0. The number of carbonyl (C=O) groups excluding carboxylic acids is 1. The van der Waals surface area contributed by atoms with Crippen LogP contribution < -0.4 is 5.73 Å². The van der Waals surface area contributed by atoms with Gasteiger partial charge in [-0.2, -0.15) is 0 Å². The maximum atomic E-state index is 9.97. The standard InChI is InChI=1S/C4H7NO3/c1-4(2-7-4)8-3(5)6/h2H2,1H3,(H2,5,6). The van der Waals surface area contributed by atoms with Crippen molar-refractivity contribution >= 4 is 6.09 Å². The molecule has 1 amide bonds. The van der Waals surface area contributed by atoms with Crippen LogP contribution >= 0.6 is 0 Å². The van der Waals surface area contributed by atoms with Gasteiger partial charge < -0.3 is 15.2 Å². The van der Waals surface area contributed by atoms with Crippen molar-refractivity contribution < 1.29 is 14.3 Å². The van der Waals surface area contributed by atoms with Crippen molar-refractivity contribution in [3.8, 4) is 0 Å². The van der Waals surface area contributed by atoms with Gasteiger partial charge in [0.05, 0.1) is 0 Å². The quantitative estimate of drug-likeness (QED) is 0.485. The Morgan fingerprint density at radius 3 is 2.62 bits per heavy atom. The van der Waals surface area contributed by atoms with Crippen LogP contribution in [0.2, 0.25) is 0 Å². The SMILES string of the molecule is CC1(OC(N)=O)CO1. The van der Waals surface area contributed by atoms with Crippen LogP contribution in [0, 0.1) is 0 Å². The number of ether oxygens (including phenoxy) is 2. The Labute approximate surface area is 46.6 Å². The third-order valence-corrected chi connectivity index (χ3v) is 0.867. The number of primary amides is 1. The molecule has 0 aliphatic carbocycles. The zero-order valence-electron chi connectivity index (χ0n) is 4.51. The lowest BCUT2D eigenvalue weighted by Gasteiger charge is -2.01. The zero-order valence-corrected chi connectivity index (χ0v) is 4.51. The molecule has 2 N–H and O–H groups in total. The van der Waals surface area contributed by atoms with Gasteiger partial charge in [0, 0.05) is 6.92 Å². The molecule has 1 aliphatic rings. The van der Waals surface area contributed by atoms with Gasteiger partial charge in [0.15, 0.2) is 0 Å². The molecule has 0 radical (unpaired) electrons. The van der Waals surface area contributed by atoms with E-state index in [1.165, 1.54) is 0 Å². The van der Waals surface area contributed by atoms with Crippen molar-refractivity contribution in [2.24, 2.45) is 5.73 Å². The largest absolute Gasteiger partial charge is 0.415 e. The van der Waals surface area contributed by atoms with Crippen molar-refractivity contribution in [3.63, 3.8) is 0 Å². The average molecular weight is 117 g/mol. The maximum Gasteiger partial charge on any atom is 0.407 e. The van der Waals surface area contributed by atoms with Gasteiger partial charge in [-0.15, -0.1) is 0 Å². The Morgan fingerprint density at radius 1 is 2.00 bits per heavy atom. The number of amides is 1. The van der Waals surface area contributed by atoms with Crippen molar-refractivity contribution in [1.29, 1.82) is 0 Å². The fourth-order valence-corrected chi connectivity index (χ4v) is 0.373. The summed E-state index contributed by atoms with van der Waals surface area (Å²) < 4.78 is 9.15. The van der Waals surface area contributed by atoms with Crippen LogP contribution in [0.5, 0.6) is 0 Å². The maximum absolute atomic E-state index is 9.97. The van der Waals surface area contributed by atoms with Gasteiger partial charge in [-0.05, 0) is 0 Å². The molecule has 0 aromatic carbocycles. The van der Waals surface area contributed by atoms with Crippen LogP contribution in [0.3, 0.4) is 0 Å². The van der Waals surface area contributed by atoms with Crippen molar-refractivity contribution in [2.45, 2.75) is 12.7 Å². The van der Waals surface area contributed by atoms with Gasteiger partial charge in [-0.25, -0.2) is 4.79 Å². The molecule has 1 heterocycles. The lowest BCUT2D eigenvalue weighted by atomic mass is 10.5.